The van der Waals surface area contributed by atoms with Gasteiger partial charge in [0.15, 0.2) is 5.78 Å². The number of pyridine rings is 1. The van der Waals surface area contributed by atoms with Gasteiger partial charge in [0, 0.05) is 59.0 Å². The van der Waals surface area contributed by atoms with Crippen LogP contribution in [0.15, 0.2) is 103 Å². The Morgan fingerprint density at radius 2 is 1.74 bits per heavy atom. The number of aromatic nitrogens is 1. The van der Waals surface area contributed by atoms with Gasteiger partial charge in [0.1, 0.15) is 6.54 Å². The van der Waals surface area contributed by atoms with Gasteiger partial charge in [0.2, 0.25) is 11.2 Å². The maximum atomic E-state index is 13.4. The number of fused-ring (bicyclic) bond motifs is 8. The number of carbonyl (C=O) groups excluding carboxylic acids is 1. The third-order valence-corrected chi connectivity index (χ3v) is 9.36. The summed E-state index contributed by atoms with van der Waals surface area (Å²) in [6, 6.07) is 27.3. The van der Waals surface area contributed by atoms with Crippen LogP contribution in [0.5, 0.6) is 0 Å². The normalized spacial score (nSPS) is 16.2. The number of ketones is 1. The van der Waals surface area contributed by atoms with Crippen LogP contribution in [0.1, 0.15) is 60.3 Å². The average molecular weight is 560 g/mol. The lowest BCUT2D eigenvalue weighted by atomic mass is 9.76. The maximum absolute atomic E-state index is 13.4. The highest BCUT2D eigenvalue weighted by Gasteiger charge is 2.38. The van der Waals surface area contributed by atoms with Gasteiger partial charge >= 0.3 is 0 Å². The zero-order chi connectivity index (χ0) is 29.1. The van der Waals surface area contributed by atoms with Crippen molar-refractivity contribution in [3.63, 3.8) is 0 Å². The Kier molecular flexibility index (Phi) is 6.15. The van der Waals surface area contributed by atoms with Crippen LogP contribution in [0, 0.1) is 5.92 Å². The molecule has 0 amide bonds. The molecular weight excluding hydrogens is 524 g/mol. The summed E-state index contributed by atoms with van der Waals surface area (Å²) in [4.78, 5) is 16.0. The maximum Gasteiger partial charge on any atom is 0.215 e. The molecule has 1 aliphatic heterocycles. The predicted molar refractivity (Wildman–Crippen MR) is 179 cm³/mol. The van der Waals surface area contributed by atoms with Gasteiger partial charge in [-0.05, 0) is 47.4 Å². The van der Waals surface area contributed by atoms with Gasteiger partial charge in [-0.15, -0.1) is 0 Å². The highest BCUT2D eigenvalue weighted by Crippen LogP contribution is 2.54. The number of benzene rings is 4. The van der Waals surface area contributed by atoms with Crippen LogP contribution in [0.4, 0.5) is 11.4 Å². The zero-order valence-corrected chi connectivity index (χ0v) is 24.8. The van der Waals surface area contributed by atoms with Gasteiger partial charge in [0.25, 0.3) is 0 Å². The summed E-state index contributed by atoms with van der Waals surface area (Å²) in [5.41, 5.74) is 12.0. The lowest BCUT2D eigenvalue weighted by Crippen LogP contribution is -2.41. The Bertz CT molecular complexity index is 2050. The van der Waals surface area contributed by atoms with Gasteiger partial charge in [-0.2, -0.15) is 4.57 Å². The minimum Gasteiger partial charge on any atom is -0.340 e. The molecule has 2 aliphatic carbocycles. The van der Waals surface area contributed by atoms with E-state index in [9.17, 15) is 4.79 Å². The van der Waals surface area contributed by atoms with Crippen molar-refractivity contribution in [3.05, 3.63) is 126 Å². The highest BCUT2D eigenvalue weighted by molar-refractivity contribution is 6.20. The molecule has 210 valence electrons. The molecule has 0 fully saturated rings. The van der Waals surface area contributed by atoms with Crippen LogP contribution in [-0.4, -0.2) is 12.3 Å². The molecule has 3 heteroatoms. The lowest BCUT2D eigenvalue weighted by Gasteiger charge is -2.36. The molecule has 1 aromatic heterocycles. The van der Waals surface area contributed by atoms with Crippen LogP contribution in [-0.2, 0) is 6.54 Å². The number of aryl methyl sites for hydroxylation is 1. The second-order valence-electron chi connectivity index (χ2n) is 12.0. The van der Waals surface area contributed by atoms with Crippen molar-refractivity contribution >= 4 is 50.5 Å². The topological polar surface area (TPSA) is 24.2 Å². The second kappa shape index (κ2) is 10.2. The van der Waals surface area contributed by atoms with Gasteiger partial charge in [-0.3, -0.25) is 4.79 Å². The number of hydrogen-bond acceptors (Lipinski definition) is 2. The Morgan fingerprint density at radius 3 is 2.58 bits per heavy atom. The summed E-state index contributed by atoms with van der Waals surface area (Å²) in [6.45, 7) is 6.45. The number of carbonyl (C=O) groups is 1. The minimum atomic E-state index is 0.0605. The molecule has 43 heavy (non-hydrogen) atoms. The molecule has 0 saturated heterocycles. The van der Waals surface area contributed by atoms with Crippen LogP contribution < -0.4 is 9.47 Å². The van der Waals surface area contributed by atoms with E-state index in [0.717, 1.165) is 48.9 Å². The molecule has 0 spiro atoms. The molecule has 5 aromatic rings. The SMILES string of the molecule is CCCN1c2ccc3cc(C(=O)c4ccccc4)ccc3c2-c2c3c([n+](CCC)c4cccc1c24)C=C[C@H]1CC=CC=C31. The first-order valence-electron chi connectivity index (χ1n) is 15.7. The molecule has 4 aromatic carbocycles. The van der Waals surface area contributed by atoms with Crippen LogP contribution in [0.2, 0.25) is 0 Å². The van der Waals surface area contributed by atoms with Crippen molar-refractivity contribution in [1.29, 1.82) is 0 Å². The molecule has 3 aliphatic rings. The molecule has 0 bridgehead atoms. The van der Waals surface area contributed by atoms with Crippen molar-refractivity contribution in [2.45, 2.75) is 39.7 Å². The molecule has 0 N–H and O–H groups in total. The second-order valence-corrected chi connectivity index (χ2v) is 12.0. The van der Waals surface area contributed by atoms with E-state index in [0.29, 0.717) is 5.92 Å². The molecule has 3 nitrogen and oxygen atoms in total. The zero-order valence-electron chi connectivity index (χ0n) is 24.8. The fraction of sp³-hybridized carbons (Fsp3) is 0.200. The quantitative estimate of drug-likeness (QED) is 0.153. The first-order valence-corrected chi connectivity index (χ1v) is 15.7. The molecule has 0 radical (unpaired) electrons. The van der Waals surface area contributed by atoms with Gasteiger partial charge < -0.3 is 4.90 Å². The average Bonchev–Trinajstić information content (AvgIpc) is 3.06. The summed E-state index contributed by atoms with van der Waals surface area (Å²) in [5.74, 6) is 0.445. The molecule has 0 unspecified atom stereocenters. The van der Waals surface area contributed by atoms with Gasteiger partial charge in [0.05, 0.1) is 16.6 Å². The first-order chi connectivity index (χ1) is 21.2. The van der Waals surface area contributed by atoms with E-state index >= 15 is 0 Å². The summed E-state index contributed by atoms with van der Waals surface area (Å²) < 4.78 is 2.56. The number of nitrogens with zero attached hydrogens (tertiary/aromatic N) is 2. The van der Waals surface area contributed by atoms with Crippen molar-refractivity contribution in [2.75, 3.05) is 11.4 Å². The van der Waals surface area contributed by atoms with E-state index in [2.05, 4.69) is 96.2 Å². The Hall–Kier alpha value is -4.76. The van der Waals surface area contributed by atoms with E-state index in [4.69, 9.17) is 0 Å². The largest absolute Gasteiger partial charge is 0.340 e. The minimum absolute atomic E-state index is 0.0605. The van der Waals surface area contributed by atoms with E-state index in [1.807, 2.05) is 36.4 Å². The first kappa shape index (κ1) is 25.9. The van der Waals surface area contributed by atoms with E-state index in [1.54, 1.807) is 0 Å². The fourth-order valence-corrected chi connectivity index (χ4v) is 7.54. The van der Waals surface area contributed by atoms with Gasteiger partial charge in [-0.1, -0.05) is 92.7 Å². The fourth-order valence-electron chi connectivity index (χ4n) is 7.54. The van der Waals surface area contributed by atoms with Crippen LogP contribution in [0.3, 0.4) is 0 Å². The van der Waals surface area contributed by atoms with Crippen molar-refractivity contribution in [2.24, 2.45) is 5.92 Å². The summed E-state index contributed by atoms with van der Waals surface area (Å²) in [7, 11) is 0. The lowest BCUT2D eigenvalue weighted by molar-refractivity contribution is -0.673. The summed E-state index contributed by atoms with van der Waals surface area (Å²) >= 11 is 0. The molecule has 0 saturated carbocycles. The number of anilines is 2. The smallest absolute Gasteiger partial charge is 0.215 e. The Balaban J connectivity index is 1.48. The third kappa shape index (κ3) is 3.88. The molecule has 2 heterocycles. The van der Waals surface area contributed by atoms with Crippen molar-refractivity contribution in [1.82, 2.24) is 0 Å². The molecule has 1 atom stereocenters. The van der Waals surface area contributed by atoms with E-state index in [-0.39, 0.29) is 5.78 Å². The summed E-state index contributed by atoms with van der Waals surface area (Å²) in [5, 5.41) is 3.65. The van der Waals surface area contributed by atoms with Crippen LogP contribution in [0.25, 0.3) is 44.5 Å². The third-order valence-electron chi connectivity index (χ3n) is 9.36. The van der Waals surface area contributed by atoms with Gasteiger partial charge in [-0.25, -0.2) is 0 Å². The number of rotatable bonds is 6. The van der Waals surface area contributed by atoms with E-state index < -0.39 is 0 Å². The summed E-state index contributed by atoms with van der Waals surface area (Å²) in [6.07, 6.45) is 14.8. The number of hydrogen-bond donors (Lipinski definition) is 0. The van der Waals surface area contributed by atoms with Crippen molar-refractivity contribution in [3.8, 4) is 11.1 Å². The van der Waals surface area contributed by atoms with Crippen LogP contribution >= 0.6 is 0 Å². The standard InChI is InChI=1S/C40H35N2O/c1-3-23-41-32-15-10-16-33-38(32)39(36-30-14-9-8-11-26(30)18-21-34(36)41)37-31-20-17-29(40(43)27-12-6-5-7-13-27)25-28(31)19-22-35(37)42(33)24-4-2/h5-10,12-22,25-26H,3-4,11,23-24H2,1-2H3/q+1/t26-/m1/s1. The highest BCUT2D eigenvalue weighted by atomic mass is 16.1. The van der Waals surface area contributed by atoms with E-state index in [1.165, 1.54) is 55.6 Å². The molecule has 8 rings (SSSR count). The Morgan fingerprint density at radius 1 is 0.860 bits per heavy atom. The molecular formula is C40H35N2O+. The number of allylic oxidation sites excluding steroid dienone is 5. The predicted octanol–water partition coefficient (Wildman–Crippen LogP) is 9.44. The van der Waals surface area contributed by atoms with Crippen molar-refractivity contribution < 1.29 is 9.36 Å². The Labute approximate surface area is 253 Å². The monoisotopic (exact) mass is 559 g/mol.